The van der Waals surface area contributed by atoms with Gasteiger partial charge in [-0.3, -0.25) is 4.79 Å². The highest BCUT2D eigenvalue weighted by Crippen LogP contribution is 2.47. The van der Waals surface area contributed by atoms with Crippen LogP contribution in [-0.2, 0) is 28.9 Å². The number of anilines is 4. The van der Waals surface area contributed by atoms with Gasteiger partial charge in [-0.25, -0.2) is 0 Å². The molecule has 5 aromatic rings. The molecular formula is C54H66N6O5. The van der Waals surface area contributed by atoms with E-state index in [1.807, 2.05) is 24.3 Å². The second-order valence-electron chi connectivity index (χ2n) is 19.3. The molecule has 4 bridgehead atoms. The number of nitrogens with one attached hydrogen (secondary N) is 1. The second-order valence-corrected chi connectivity index (χ2v) is 19.3. The summed E-state index contributed by atoms with van der Waals surface area (Å²) in [5.74, 6) is 5.03. The number of benzene rings is 3. The summed E-state index contributed by atoms with van der Waals surface area (Å²) in [7, 11) is 1.69. The number of ether oxygens (including phenoxy) is 4. The summed E-state index contributed by atoms with van der Waals surface area (Å²) in [6, 6.07) is 40.1. The topological polar surface area (TPSA) is 95.6 Å². The van der Waals surface area contributed by atoms with Crippen LogP contribution >= 0.6 is 0 Å². The van der Waals surface area contributed by atoms with Crippen molar-refractivity contribution in [3.05, 3.63) is 136 Å². The third-order valence-corrected chi connectivity index (χ3v) is 14.9. The van der Waals surface area contributed by atoms with Gasteiger partial charge in [0.2, 0.25) is 5.88 Å². The van der Waals surface area contributed by atoms with E-state index in [-0.39, 0.29) is 17.8 Å². The Kier molecular flexibility index (Phi) is 13.0. The highest BCUT2D eigenvalue weighted by atomic mass is 16.5. The molecular weight excluding hydrogens is 813 g/mol. The van der Waals surface area contributed by atoms with Crippen molar-refractivity contribution in [1.29, 1.82) is 0 Å². The number of nitrogens with zero attached hydrogens (tertiary/aromatic N) is 5. The molecule has 2 aliphatic carbocycles. The maximum absolute atomic E-state index is 12.5. The molecule has 6 aliphatic rings. The molecule has 65 heavy (non-hydrogen) atoms. The summed E-state index contributed by atoms with van der Waals surface area (Å²) >= 11 is 0. The van der Waals surface area contributed by atoms with Gasteiger partial charge in [0.1, 0.15) is 24.0 Å². The van der Waals surface area contributed by atoms with Gasteiger partial charge < -0.3 is 43.5 Å². The van der Waals surface area contributed by atoms with Crippen LogP contribution in [0.4, 0.5) is 23.0 Å². The monoisotopic (exact) mass is 879 g/mol. The Labute approximate surface area is 384 Å². The maximum Gasteiger partial charge on any atom is 0.251 e. The molecule has 3 aromatic carbocycles. The highest BCUT2D eigenvalue weighted by Gasteiger charge is 2.47. The van der Waals surface area contributed by atoms with E-state index < -0.39 is 0 Å². The Morgan fingerprint density at radius 2 is 1.23 bits per heavy atom. The van der Waals surface area contributed by atoms with Crippen molar-refractivity contribution in [2.45, 2.75) is 108 Å². The maximum atomic E-state index is 12.5. The zero-order valence-corrected chi connectivity index (χ0v) is 38.4. The van der Waals surface area contributed by atoms with E-state index in [0.717, 1.165) is 86.1 Å². The standard InChI is InChI=1S/C31H37N3O3.C23H29N3O2/c1-22-20-33(14-15-36-22)27-18-30(32-31(19-27)37-21-24-8-12-28(35-2)13-9-24)34-26-11-10-25(17-26)29(34)16-23-6-4-3-5-7-23;1-16-15-25(9-10-28-16)20-13-22(24-23(27)14-20)26-19-8-7-18(12-19)21(26)11-17-5-3-2-4-6-17/h3-9,12-13,18-19,22,25-26,29H,10-11,14-17,20-21H2,1-2H3;2-6,13-14,16,18-19,21H,7-12,15H2,1H3,(H,24,27)/t22-,25+,26-,29-;16-,18+,19-,21-/m11/s1. The van der Waals surface area contributed by atoms with Gasteiger partial charge in [0.05, 0.1) is 32.5 Å². The van der Waals surface area contributed by atoms with Crippen LogP contribution in [0.5, 0.6) is 11.6 Å². The lowest BCUT2D eigenvalue weighted by Gasteiger charge is -2.38. The molecule has 11 heteroatoms. The minimum Gasteiger partial charge on any atom is -0.497 e. The largest absolute Gasteiger partial charge is 0.497 e. The van der Waals surface area contributed by atoms with Crippen molar-refractivity contribution in [3.8, 4) is 11.6 Å². The average molecular weight is 879 g/mol. The van der Waals surface area contributed by atoms with Crippen LogP contribution in [0.25, 0.3) is 0 Å². The summed E-state index contributed by atoms with van der Waals surface area (Å²) in [4.78, 5) is 30.6. The van der Waals surface area contributed by atoms with Crippen LogP contribution in [0, 0.1) is 11.8 Å². The Morgan fingerprint density at radius 1 is 0.662 bits per heavy atom. The number of rotatable bonds is 12. The molecule has 4 saturated heterocycles. The number of morpholine rings is 2. The lowest BCUT2D eigenvalue weighted by Crippen LogP contribution is -2.44. The van der Waals surface area contributed by atoms with E-state index in [4.69, 9.17) is 23.9 Å². The smallest absolute Gasteiger partial charge is 0.251 e. The Balaban J connectivity index is 0.000000159. The van der Waals surface area contributed by atoms with E-state index in [0.29, 0.717) is 43.3 Å². The predicted octanol–water partition coefficient (Wildman–Crippen LogP) is 8.69. The van der Waals surface area contributed by atoms with Crippen LogP contribution in [0.15, 0.2) is 114 Å². The van der Waals surface area contributed by atoms with Crippen LogP contribution in [0.1, 0.15) is 69.1 Å². The summed E-state index contributed by atoms with van der Waals surface area (Å²) in [5.41, 5.74) is 6.07. The summed E-state index contributed by atoms with van der Waals surface area (Å²) in [6.07, 6.45) is 10.1. The number of aromatic nitrogens is 2. The van der Waals surface area contributed by atoms with Gasteiger partial charge in [0, 0.05) is 86.0 Å². The Bertz CT molecular complexity index is 2400. The van der Waals surface area contributed by atoms with E-state index in [1.165, 1.54) is 55.3 Å². The molecule has 2 saturated carbocycles. The van der Waals surface area contributed by atoms with E-state index in [2.05, 4.69) is 117 Å². The molecule has 342 valence electrons. The number of methoxy groups -OCH3 is 1. The fourth-order valence-electron chi connectivity index (χ4n) is 11.8. The number of pyridine rings is 2. The Hall–Kier alpha value is -5.52. The first-order valence-electron chi connectivity index (χ1n) is 24.2. The van der Waals surface area contributed by atoms with Gasteiger partial charge in [-0.05, 0) is 106 Å². The molecule has 2 aromatic heterocycles. The number of hydrogen-bond donors (Lipinski definition) is 1. The molecule has 6 fully saturated rings. The van der Waals surface area contributed by atoms with E-state index in [9.17, 15) is 4.79 Å². The van der Waals surface area contributed by atoms with Gasteiger partial charge >= 0.3 is 0 Å². The zero-order chi connectivity index (χ0) is 44.3. The molecule has 11 rings (SSSR count). The van der Waals surface area contributed by atoms with Gasteiger partial charge in [-0.15, -0.1) is 0 Å². The molecule has 4 aliphatic heterocycles. The van der Waals surface area contributed by atoms with Crippen LogP contribution in [-0.4, -0.2) is 92.8 Å². The lowest BCUT2D eigenvalue weighted by atomic mass is 9.92. The van der Waals surface area contributed by atoms with Crippen molar-refractivity contribution in [2.75, 3.05) is 66.1 Å². The number of H-pyrrole nitrogens is 1. The number of fused-ring (bicyclic) bond motifs is 4. The third kappa shape index (κ3) is 9.87. The normalized spacial score (nSPS) is 26.9. The first kappa shape index (κ1) is 43.4. The fourth-order valence-corrected chi connectivity index (χ4v) is 11.8. The van der Waals surface area contributed by atoms with Crippen molar-refractivity contribution >= 4 is 23.0 Å². The Morgan fingerprint density at radius 3 is 1.82 bits per heavy atom. The summed E-state index contributed by atoms with van der Waals surface area (Å²) in [6.45, 7) is 9.60. The zero-order valence-electron chi connectivity index (χ0n) is 38.4. The summed E-state index contributed by atoms with van der Waals surface area (Å²) < 4.78 is 23.1. The molecule has 6 heterocycles. The van der Waals surface area contributed by atoms with Gasteiger partial charge in [0.15, 0.2) is 0 Å². The van der Waals surface area contributed by atoms with Crippen molar-refractivity contribution < 1.29 is 18.9 Å². The van der Waals surface area contributed by atoms with Crippen molar-refractivity contribution in [3.63, 3.8) is 0 Å². The molecule has 0 unspecified atom stereocenters. The minimum absolute atomic E-state index is 0.00659. The number of hydrogen-bond acceptors (Lipinski definition) is 10. The fraction of sp³-hybridized carbons (Fsp3) is 0.481. The van der Waals surface area contributed by atoms with Gasteiger partial charge in [-0.1, -0.05) is 72.8 Å². The average Bonchev–Trinajstić information content (AvgIpc) is 4.15. The highest BCUT2D eigenvalue weighted by molar-refractivity contribution is 5.61. The third-order valence-electron chi connectivity index (χ3n) is 14.9. The lowest BCUT2D eigenvalue weighted by molar-refractivity contribution is 0.0530. The predicted molar refractivity (Wildman–Crippen MR) is 259 cm³/mol. The van der Waals surface area contributed by atoms with Crippen molar-refractivity contribution in [1.82, 2.24) is 9.97 Å². The minimum atomic E-state index is -0.00659. The first-order valence-corrected chi connectivity index (χ1v) is 24.2. The van der Waals surface area contributed by atoms with E-state index >= 15 is 0 Å². The number of piperidine rings is 2. The van der Waals surface area contributed by atoms with Crippen LogP contribution in [0.3, 0.4) is 0 Å². The SMILES string of the molecule is COc1ccc(COc2cc(N3CCO[C@H](C)C3)cc(N3[C@@H]4CC[C@@H](C4)[C@H]3Cc3ccccc3)n2)cc1.C[C@@H]1CN(c2cc(N3[C@@H]4CC[C@@H](C4)[C@H]3Cc3ccccc3)[nH]c(=O)c2)CCO1. The van der Waals surface area contributed by atoms with Crippen molar-refractivity contribution in [2.24, 2.45) is 11.8 Å². The van der Waals surface area contributed by atoms with Gasteiger partial charge in [-0.2, -0.15) is 4.98 Å². The molecule has 0 amide bonds. The second kappa shape index (κ2) is 19.5. The molecule has 11 nitrogen and oxygen atoms in total. The van der Waals surface area contributed by atoms with Gasteiger partial charge in [0.25, 0.3) is 5.56 Å². The first-order chi connectivity index (χ1) is 31.8. The van der Waals surface area contributed by atoms with Crippen LogP contribution in [0.2, 0.25) is 0 Å². The molecule has 8 atom stereocenters. The van der Waals surface area contributed by atoms with E-state index in [1.54, 1.807) is 13.2 Å². The molecule has 0 radical (unpaired) electrons. The molecule has 0 spiro atoms. The van der Waals surface area contributed by atoms with Crippen LogP contribution < -0.4 is 34.6 Å². The number of aromatic amines is 1. The molecule has 1 N–H and O–H groups in total. The quantitative estimate of drug-likeness (QED) is 0.131. The summed E-state index contributed by atoms with van der Waals surface area (Å²) in [5, 5.41) is 0.